The molecule has 0 spiro atoms. The molecule has 6 heteroatoms. The molecule has 0 fully saturated rings. The van der Waals surface area contributed by atoms with Crippen LogP contribution in [0.5, 0.6) is 0 Å². The molecule has 0 unspecified atom stereocenters. The predicted octanol–water partition coefficient (Wildman–Crippen LogP) is 3.02. The summed E-state index contributed by atoms with van der Waals surface area (Å²) in [7, 11) is 0. The van der Waals surface area contributed by atoms with Crippen LogP contribution < -0.4 is 10.2 Å². The van der Waals surface area contributed by atoms with Gasteiger partial charge in [-0.2, -0.15) is 0 Å². The third-order valence-corrected chi connectivity index (χ3v) is 3.50. The number of carbonyl (C=O) groups is 1. The molecule has 0 aliphatic carbocycles. The maximum absolute atomic E-state index is 12.8. The standard InChI is InChI=1S/C16H17ClFN3O/c1-2-21(15-7-8-19-10-14(15)17)11-16(22)20-9-12-3-5-13(18)6-4-12/h3-8,10H,2,9,11H2,1H3,(H,20,22). The van der Waals surface area contributed by atoms with Gasteiger partial charge in [0.05, 0.1) is 17.3 Å². The van der Waals surface area contributed by atoms with Crippen molar-refractivity contribution in [2.45, 2.75) is 13.5 Å². The Labute approximate surface area is 133 Å². The molecule has 0 saturated carbocycles. The molecule has 1 N–H and O–H groups in total. The summed E-state index contributed by atoms with van der Waals surface area (Å²) in [6.07, 6.45) is 3.19. The number of nitrogens with zero attached hydrogens (tertiary/aromatic N) is 2. The zero-order valence-electron chi connectivity index (χ0n) is 12.2. The predicted molar refractivity (Wildman–Crippen MR) is 85.4 cm³/mol. The summed E-state index contributed by atoms with van der Waals surface area (Å²) in [4.78, 5) is 17.9. The van der Waals surface area contributed by atoms with E-state index in [1.807, 2.05) is 11.8 Å². The molecule has 2 aromatic rings. The Morgan fingerprint density at radius 1 is 1.32 bits per heavy atom. The Kier molecular flexibility index (Phi) is 5.72. The number of halogens is 2. The van der Waals surface area contributed by atoms with Crippen molar-refractivity contribution in [1.29, 1.82) is 0 Å². The van der Waals surface area contributed by atoms with E-state index >= 15 is 0 Å². The van der Waals surface area contributed by atoms with Crippen molar-refractivity contribution in [2.24, 2.45) is 0 Å². The van der Waals surface area contributed by atoms with Gasteiger partial charge in [-0.05, 0) is 30.7 Å². The van der Waals surface area contributed by atoms with Gasteiger partial charge in [0.1, 0.15) is 5.82 Å². The first-order valence-electron chi connectivity index (χ1n) is 6.95. The van der Waals surface area contributed by atoms with Crippen LogP contribution in [0.4, 0.5) is 10.1 Å². The molecule has 0 bridgehead atoms. The quantitative estimate of drug-likeness (QED) is 0.889. The highest BCUT2D eigenvalue weighted by Crippen LogP contribution is 2.23. The van der Waals surface area contributed by atoms with E-state index in [1.54, 1.807) is 30.6 Å². The van der Waals surface area contributed by atoms with Gasteiger partial charge < -0.3 is 10.2 Å². The van der Waals surface area contributed by atoms with Crippen molar-refractivity contribution in [2.75, 3.05) is 18.0 Å². The smallest absolute Gasteiger partial charge is 0.239 e. The Morgan fingerprint density at radius 2 is 2.05 bits per heavy atom. The average molecular weight is 322 g/mol. The first-order chi connectivity index (χ1) is 10.6. The minimum atomic E-state index is -0.292. The minimum absolute atomic E-state index is 0.126. The van der Waals surface area contributed by atoms with Crippen LogP contribution in [-0.2, 0) is 11.3 Å². The number of nitrogens with one attached hydrogen (secondary N) is 1. The van der Waals surface area contributed by atoms with E-state index in [9.17, 15) is 9.18 Å². The number of hydrogen-bond acceptors (Lipinski definition) is 3. The maximum Gasteiger partial charge on any atom is 0.239 e. The van der Waals surface area contributed by atoms with Crippen molar-refractivity contribution >= 4 is 23.2 Å². The number of benzene rings is 1. The lowest BCUT2D eigenvalue weighted by Crippen LogP contribution is -2.37. The first kappa shape index (κ1) is 16.2. The number of hydrogen-bond donors (Lipinski definition) is 1. The van der Waals surface area contributed by atoms with E-state index in [4.69, 9.17) is 11.6 Å². The summed E-state index contributed by atoms with van der Waals surface area (Å²) in [6, 6.07) is 7.81. The lowest BCUT2D eigenvalue weighted by Gasteiger charge is -2.23. The average Bonchev–Trinajstić information content (AvgIpc) is 2.53. The van der Waals surface area contributed by atoms with Crippen molar-refractivity contribution < 1.29 is 9.18 Å². The lowest BCUT2D eigenvalue weighted by atomic mass is 10.2. The second kappa shape index (κ2) is 7.75. The van der Waals surface area contributed by atoms with Gasteiger partial charge in [-0.15, -0.1) is 0 Å². The van der Waals surface area contributed by atoms with Crippen LogP contribution in [-0.4, -0.2) is 24.0 Å². The van der Waals surface area contributed by atoms with Gasteiger partial charge >= 0.3 is 0 Å². The number of pyridine rings is 1. The molecule has 1 aromatic heterocycles. The Hall–Kier alpha value is -2.14. The highest BCUT2D eigenvalue weighted by Gasteiger charge is 2.12. The van der Waals surface area contributed by atoms with Gasteiger partial charge in [-0.3, -0.25) is 9.78 Å². The molecular weight excluding hydrogens is 305 g/mol. The van der Waals surface area contributed by atoms with Gasteiger partial charge in [-0.1, -0.05) is 23.7 Å². The van der Waals surface area contributed by atoms with Crippen LogP contribution in [0.2, 0.25) is 5.02 Å². The third-order valence-electron chi connectivity index (χ3n) is 3.21. The molecule has 1 aromatic carbocycles. The number of aromatic nitrogens is 1. The number of amides is 1. The fraction of sp³-hybridized carbons (Fsp3) is 0.250. The van der Waals surface area contributed by atoms with Gasteiger partial charge in [0, 0.05) is 25.5 Å². The third kappa shape index (κ3) is 4.43. The lowest BCUT2D eigenvalue weighted by molar-refractivity contribution is -0.119. The molecule has 0 radical (unpaired) electrons. The molecular formula is C16H17ClFN3O. The molecule has 1 amide bonds. The fourth-order valence-corrected chi connectivity index (χ4v) is 2.26. The molecule has 4 nitrogen and oxygen atoms in total. The van der Waals surface area contributed by atoms with E-state index in [0.29, 0.717) is 18.1 Å². The molecule has 0 saturated heterocycles. The Balaban J connectivity index is 1.92. The topological polar surface area (TPSA) is 45.2 Å². The zero-order chi connectivity index (χ0) is 15.9. The normalized spacial score (nSPS) is 10.3. The zero-order valence-corrected chi connectivity index (χ0v) is 13.0. The molecule has 0 aliphatic rings. The van der Waals surface area contributed by atoms with Crippen molar-refractivity contribution in [3.05, 3.63) is 59.1 Å². The Morgan fingerprint density at radius 3 is 2.68 bits per heavy atom. The summed E-state index contributed by atoms with van der Waals surface area (Å²) in [6.45, 7) is 3.15. The first-order valence-corrected chi connectivity index (χ1v) is 7.33. The van der Waals surface area contributed by atoms with Gasteiger partial charge in [-0.25, -0.2) is 4.39 Å². The summed E-state index contributed by atoms with van der Waals surface area (Å²) in [5.74, 6) is -0.418. The molecule has 0 atom stereocenters. The Bertz CT molecular complexity index is 634. The van der Waals surface area contributed by atoms with Gasteiger partial charge in [0.25, 0.3) is 0 Å². The molecule has 1 heterocycles. The van der Waals surface area contributed by atoms with Crippen LogP contribution in [0.25, 0.3) is 0 Å². The number of anilines is 1. The number of likely N-dealkylation sites (N-methyl/N-ethyl adjacent to an activating group) is 1. The van der Waals surface area contributed by atoms with Crippen molar-refractivity contribution in [3.8, 4) is 0 Å². The second-order valence-corrected chi connectivity index (χ2v) is 5.15. The molecule has 2 rings (SSSR count). The van der Waals surface area contributed by atoms with Crippen LogP contribution in [0.15, 0.2) is 42.7 Å². The minimum Gasteiger partial charge on any atom is -0.361 e. The largest absolute Gasteiger partial charge is 0.361 e. The van der Waals surface area contributed by atoms with E-state index in [1.165, 1.54) is 12.1 Å². The summed E-state index contributed by atoms with van der Waals surface area (Å²) < 4.78 is 12.8. The van der Waals surface area contributed by atoms with Crippen LogP contribution >= 0.6 is 11.6 Å². The van der Waals surface area contributed by atoms with E-state index in [2.05, 4.69) is 10.3 Å². The maximum atomic E-state index is 12.8. The van der Waals surface area contributed by atoms with Crippen molar-refractivity contribution in [1.82, 2.24) is 10.3 Å². The SMILES string of the molecule is CCN(CC(=O)NCc1ccc(F)cc1)c1ccncc1Cl. The van der Waals surface area contributed by atoms with Gasteiger partial charge in [0.2, 0.25) is 5.91 Å². The van der Waals surface area contributed by atoms with Crippen molar-refractivity contribution in [3.63, 3.8) is 0 Å². The van der Waals surface area contributed by atoms with E-state index < -0.39 is 0 Å². The van der Waals surface area contributed by atoms with E-state index in [0.717, 1.165) is 11.3 Å². The summed E-state index contributed by atoms with van der Waals surface area (Å²) in [5.41, 5.74) is 1.62. The molecule has 22 heavy (non-hydrogen) atoms. The summed E-state index contributed by atoms with van der Waals surface area (Å²) >= 11 is 6.10. The molecule has 116 valence electrons. The van der Waals surface area contributed by atoms with Gasteiger partial charge in [0.15, 0.2) is 0 Å². The fourth-order valence-electron chi connectivity index (χ4n) is 2.02. The number of carbonyl (C=O) groups excluding carboxylic acids is 1. The van der Waals surface area contributed by atoms with Crippen LogP contribution in [0, 0.1) is 5.82 Å². The second-order valence-electron chi connectivity index (χ2n) is 4.74. The van der Waals surface area contributed by atoms with E-state index in [-0.39, 0.29) is 18.3 Å². The van der Waals surface area contributed by atoms with Crippen LogP contribution in [0.3, 0.4) is 0 Å². The van der Waals surface area contributed by atoms with Crippen LogP contribution in [0.1, 0.15) is 12.5 Å². The summed E-state index contributed by atoms with van der Waals surface area (Å²) in [5, 5.41) is 3.32. The highest BCUT2D eigenvalue weighted by atomic mass is 35.5. The number of rotatable bonds is 6. The molecule has 0 aliphatic heterocycles. The highest BCUT2D eigenvalue weighted by molar-refractivity contribution is 6.33. The monoisotopic (exact) mass is 321 g/mol.